The van der Waals surface area contributed by atoms with E-state index in [0.29, 0.717) is 30.8 Å². The van der Waals surface area contributed by atoms with E-state index < -0.39 is 30.2 Å². The maximum Gasteiger partial charge on any atom is 0.346 e. The van der Waals surface area contributed by atoms with Gasteiger partial charge in [0.2, 0.25) is 5.92 Å². The zero-order chi connectivity index (χ0) is 21.9. The molecule has 0 saturated heterocycles. The van der Waals surface area contributed by atoms with E-state index in [0.717, 1.165) is 0 Å². The molecule has 2 rings (SSSR count). The number of alkyl halides is 2. The fourth-order valence-electron chi connectivity index (χ4n) is 3.28. The summed E-state index contributed by atoms with van der Waals surface area (Å²) in [4.78, 5) is 0.183. The van der Waals surface area contributed by atoms with Crippen molar-refractivity contribution in [3.8, 4) is 5.75 Å². The van der Waals surface area contributed by atoms with Crippen LogP contribution in [-0.4, -0.2) is 76.8 Å². The molecule has 5 N–H and O–H groups in total. The van der Waals surface area contributed by atoms with E-state index in [1.807, 2.05) is 0 Å². The van der Waals surface area contributed by atoms with Crippen molar-refractivity contribution in [1.29, 1.82) is 0 Å². The van der Waals surface area contributed by atoms with Gasteiger partial charge in [-0.15, -0.1) is 0 Å². The summed E-state index contributed by atoms with van der Waals surface area (Å²) in [5.41, 5.74) is -2.31. The Morgan fingerprint density at radius 1 is 1.17 bits per heavy atom. The van der Waals surface area contributed by atoms with Gasteiger partial charge in [0.1, 0.15) is 21.4 Å². The Hall–Kier alpha value is -1.23. The molecule has 158 valence electrons. The highest BCUT2D eigenvalue weighted by atomic mass is 19.3. The molecule has 1 aromatic rings. The number of rotatable bonds is 9. The summed E-state index contributed by atoms with van der Waals surface area (Å²) in [5.74, 6) is -2.11. The topological polar surface area (TPSA) is 114 Å². The van der Waals surface area contributed by atoms with Gasteiger partial charge >= 0.3 is 6.10 Å². The van der Waals surface area contributed by atoms with Crippen LogP contribution in [-0.2, 0) is 0 Å². The molecule has 0 heterocycles. The standard InChI is InChI=1S/C18H25B2F2NO6/c19-17(20,25)23(18(26,27)28)9-6-15(24)13-2-1-3-14(10-13)29-11-12-4-7-16(21,22)8-5-12/h1-3,10,12,15,24-28H,4-9,11H2. The number of benzene rings is 1. The summed E-state index contributed by atoms with van der Waals surface area (Å²) in [5, 5.41) is 47.6. The van der Waals surface area contributed by atoms with Crippen molar-refractivity contribution in [2.24, 2.45) is 5.92 Å². The highest BCUT2D eigenvalue weighted by Crippen LogP contribution is 2.36. The highest BCUT2D eigenvalue weighted by molar-refractivity contribution is 6.38. The van der Waals surface area contributed by atoms with Crippen LogP contribution in [0.25, 0.3) is 0 Å². The average Bonchev–Trinajstić information content (AvgIpc) is 2.58. The monoisotopic (exact) mass is 411 g/mol. The van der Waals surface area contributed by atoms with Gasteiger partial charge in [-0.1, -0.05) is 12.1 Å². The average molecular weight is 411 g/mol. The molecule has 1 aliphatic carbocycles. The molecule has 0 spiro atoms. The fourth-order valence-corrected chi connectivity index (χ4v) is 3.28. The van der Waals surface area contributed by atoms with Gasteiger partial charge in [-0.2, -0.15) is 0 Å². The number of ether oxygens (including phenoxy) is 1. The lowest BCUT2D eigenvalue weighted by Crippen LogP contribution is -2.62. The van der Waals surface area contributed by atoms with Crippen LogP contribution in [0.2, 0.25) is 0 Å². The van der Waals surface area contributed by atoms with Crippen molar-refractivity contribution in [1.82, 2.24) is 4.90 Å². The molecule has 0 aliphatic heterocycles. The van der Waals surface area contributed by atoms with E-state index >= 15 is 0 Å². The Bertz CT molecular complexity index is 644. The minimum Gasteiger partial charge on any atom is -0.493 e. The van der Waals surface area contributed by atoms with Gasteiger partial charge in [0.05, 0.1) is 12.7 Å². The van der Waals surface area contributed by atoms with Crippen LogP contribution in [0.4, 0.5) is 8.78 Å². The van der Waals surface area contributed by atoms with Gasteiger partial charge in [0.15, 0.2) is 0 Å². The van der Waals surface area contributed by atoms with Gasteiger partial charge in [-0.25, -0.2) is 13.7 Å². The van der Waals surface area contributed by atoms with Crippen molar-refractivity contribution in [3.63, 3.8) is 0 Å². The van der Waals surface area contributed by atoms with Crippen molar-refractivity contribution >= 4 is 15.7 Å². The molecule has 4 radical (unpaired) electrons. The lowest BCUT2D eigenvalue weighted by Gasteiger charge is -2.40. The predicted molar refractivity (Wildman–Crippen MR) is 101 cm³/mol. The van der Waals surface area contributed by atoms with E-state index in [2.05, 4.69) is 0 Å². The van der Waals surface area contributed by atoms with Gasteiger partial charge in [0, 0.05) is 24.9 Å². The molecular weight excluding hydrogens is 386 g/mol. The molecule has 1 saturated carbocycles. The molecule has 7 nitrogen and oxygen atoms in total. The molecular formula is C18H25B2F2NO6. The van der Waals surface area contributed by atoms with Crippen LogP contribution in [0.5, 0.6) is 5.75 Å². The molecule has 0 bridgehead atoms. The summed E-state index contributed by atoms with van der Waals surface area (Å²) in [6.45, 7) is -0.172. The van der Waals surface area contributed by atoms with Crippen LogP contribution in [0.15, 0.2) is 24.3 Å². The third-order valence-corrected chi connectivity index (χ3v) is 4.99. The number of aliphatic hydroxyl groups excluding tert-OH is 1. The lowest BCUT2D eigenvalue weighted by molar-refractivity contribution is -0.411. The first kappa shape index (κ1) is 24.0. The summed E-state index contributed by atoms with van der Waals surface area (Å²) in [6.07, 6.45) is -4.30. The zero-order valence-electron chi connectivity index (χ0n) is 15.9. The molecule has 1 unspecified atom stereocenters. The smallest absolute Gasteiger partial charge is 0.346 e. The Balaban J connectivity index is 1.91. The molecule has 1 aliphatic rings. The predicted octanol–water partition coefficient (Wildman–Crippen LogP) is 0.145. The molecule has 1 fully saturated rings. The van der Waals surface area contributed by atoms with Crippen molar-refractivity contribution in [2.75, 3.05) is 13.2 Å². The third-order valence-electron chi connectivity index (χ3n) is 4.99. The molecule has 29 heavy (non-hydrogen) atoms. The van der Waals surface area contributed by atoms with Gasteiger partial charge in [0.25, 0.3) is 0 Å². The largest absolute Gasteiger partial charge is 0.493 e. The van der Waals surface area contributed by atoms with Crippen molar-refractivity contribution in [3.05, 3.63) is 29.8 Å². The Labute approximate surface area is 170 Å². The quantitative estimate of drug-likeness (QED) is 0.291. The number of aliphatic hydroxyl groups is 5. The third kappa shape index (κ3) is 7.51. The van der Waals surface area contributed by atoms with E-state index in [1.54, 1.807) is 24.3 Å². The normalized spacial score (nSPS) is 19.3. The first-order chi connectivity index (χ1) is 13.3. The first-order valence-corrected chi connectivity index (χ1v) is 9.31. The molecule has 11 heteroatoms. The van der Waals surface area contributed by atoms with Gasteiger partial charge in [-0.3, -0.25) is 0 Å². The van der Waals surface area contributed by atoms with Crippen LogP contribution in [0, 0.1) is 5.92 Å². The number of hydrogen-bond donors (Lipinski definition) is 5. The summed E-state index contributed by atoms with van der Waals surface area (Å²) in [6, 6.07) is 6.47. The second-order valence-electron chi connectivity index (χ2n) is 7.52. The van der Waals surface area contributed by atoms with Crippen molar-refractivity contribution < 1.29 is 39.1 Å². The maximum atomic E-state index is 13.2. The van der Waals surface area contributed by atoms with Crippen molar-refractivity contribution in [2.45, 2.75) is 55.8 Å². The van der Waals surface area contributed by atoms with E-state index in [-0.39, 0.29) is 30.1 Å². The summed E-state index contributed by atoms with van der Waals surface area (Å²) >= 11 is 0. The van der Waals surface area contributed by atoms with Crippen LogP contribution in [0.3, 0.4) is 0 Å². The van der Waals surface area contributed by atoms with E-state index in [4.69, 9.17) is 20.4 Å². The Morgan fingerprint density at radius 2 is 1.79 bits per heavy atom. The van der Waals surface area contributed by atoms with Crippen LogP contribution < -0.4 is 4.74 Å². The first-order valence-electron chi connectivity index (χ1n) is 9.31. The molecule has 0 amide bonds. The van der Waals surface area contributed by atoms with Crippen LogP contribution >= 0.6 is 0 Å². The SMILES string of the molecule is [B]C([B])(O)N(CCC(O)c1cccc(OCC2CCC(F)(F)CC2)c1)C(O)(O)O. The van der Waals surface area contributed by atoms with Gasteiger partial charge < -0.3 is 30.3 Å². The zero-order valence-corrected chi connectivity index (χ0v) is 15.9. The Morgan fingerprint density at radius 3 is 2.34 bits per heavy atom. The van der Waals surface area contributed by atoms with E-state index in [1.165, 1.54) is 0 Å². The summed E-state index contributed by atoms with van der Waals surface area (Å²) in [7, 11) is 10.3. The summed E-state index contributed by atoms with van der Waals surface area (Å²) < 4.78 is 32.1. The van der Waals surface area contributed by atoms with Crippen LogP contribution in [0.1, 0.15) is 43.8 Å². The van der Waals surface area contributed by atoms with Gasteiger partial charge in [-0.05, 0) is 42.9 Å². The molecule has 1 aromatic carbocycles. The highest BCUT2D eigenvalue weighted by Gasteiger charge is 2.38. The fraction of sp³-hybridized carbons (Fsp3) is 0.667. The second-order valence-corrected chi connectivity index (χ2v) is 7.52. The minimum absolute atomic E-state index is 0.0373. The maximum absolute atomic E-state index is 13.2. The molecule has 1 atom stereocenters. The number of nitrogens with zero attached hydrogens (tertiary/aromatic N) is 1. The minimum atomic E-state index is -3.49. The van der Waals surface area contributed by atoms with E-state index in [9.17, 15) is 34.3 Å². The molecule has 0 aromatic heterocycles. The lowest BCUT2D eigenvalue weighted by atomic mass is 9.71. The Kier molecular flexibility index (Phi) is 7.69. The second kappa shape index (κ2) is 9.28. The number of halogens is 2. The number of hydrogen-bond acceptors (Lipinski definition) is 7.